The van der Waals surface area contributed by atoms with Gasteiger partial charge in [0.25, 0.3) is 0 Å². The Morgan fingerprint density at radius 3 is 2.94 bits per heavy atom. The highest BCUT2D eigenvalue weighted by Gasteiger charge is 2.23. The molecule has 2 rings (SSSR count). The summed E-state index contributed by atoms with van der Waals surface area (Å²) in [6.45, 7) is 1.87. The molecule has 1 aromatic heterocycles. The first kappa shape index (κ1) is 12.3. The van der Waals surface area contributed by atoms with E-state index in [9.17, 15) is 13.2 Å². The molecule has 0 saturated heterocycles. The van der Waals surface area contributed by atoms with E-state index in [0.29, 0.717) is 0 Å². The molecule has 1 aliphatic heterocycles. The lowest BCUT2D eigenvalue weighted by Gasteiger charge is -2.08. The lowest BCUT2D eigenvalue weighted by atomic mass is 10.3. The molecule has 1 aliphatic rings. The fourth-order valence-electron chi connectivity index (χ4n) is 1.58. The van der Waals surface area contributed by atoms with Crippen LogP contribution in [0.3, 0.4) is 0 Å². The minimum Gasteiger partial charge on any atom is -0.348 e. The minimum atomic E-state index is -3.12. The van der Waals surface area contributed by atoms with Crippen LogP contribution in [0.5, 0.6) is 0 Å². The second-order valence-corrected chi connectivity index (χ2v) is 6.86. The fraction of sp³-hybridized carbons (Fsp3) is 0.400. The predicted octanol–water partition coefficient (Wildman–Crippen LogP) is 0.421. The third kappa shape index (κ3) is 3.37. The van der Waals surface area contributed by atoms with Crippen molar-refractivity contribution in [3.05, 3.63) is 27.6 Å². The van der Waals surface area contributed by atoms with Crippen molar-refractivity contribution in [3.63, 3.8) is 0 Å². The summed E-state index contributed by atoms with van der Waals surface area (Å²) in [5, 5.41) is 6.54. The average Bonchev–Trinajstić information content (AvgIpc) is 2.73. The van der Waals surface area contributed by atoms with Gasteiger partial charge in [-0.05, 0) is 13.0 Å². The largest absolute Gasteiger partial charge is 0.348 e. The molecule has 5 nitrogen and oxygen atoms in total. The van der Waals surface area contributed by atoms with E-state index in [1.807, 2.05) is 12.3 Å². The standard InChI is InChI=1S/C10H12N2O3S2/c1-7-11-9(5-16-7)4-10(13)12-8-2-3-17(14,15)6-8/h2-3,5,8H,4,6H2,1H3,(H,12,13). The van der Waals surface area contributed by atoms with Gasteiger partial charge in [-0.25, -0.2) is 13.4 Å². The van der Waals surface area contributed by atoms with Crippen LogP contribution >= 0.6 is 11.3 Å². The predicted molar refractivity (Wildman–Crippen MR) is 65.4 cm³/mol. The number of carbonyl (C=O) groups is 1. The average molecular weight is 272 g/mol. The van der Waals surface area contributed by atoms with Gasteiger partial charge in [-0.15, -0.1) is 11.3 Å². The Morgan fingerprint density at radius 1 is 1.65 bits per heavy atom. The molecule has 0 bridgehead atoms. The van der Waals surface area contributed by atoms with Crippen molar-refractivity contribution in [2.24, 2.45) is 0 Å². The lowest BCUT2D eigenvalue weighted by molar-refractivity contribution is -0.120. The molecule has 0 aliphatic carbocycles. The van der Waals surface area contributed by atoms with Crippen LogP contribution in [-0.2, 0) is 21.1 Å². The Balaban J connectivity index is 1.89. The maximum Gasteiger partial charge on any atom is 0.226 e. The van der Waals surface area contributed by atoms with E-state index in [2.05, 4.69) is 10.3 Å². The molecule has 7 heteroatoms. The molecular formula is C10H12N2O3S2. The molecule has 0 saturated carbocycles. The van der Waals surface area contributed by atoms with Crippen LogP contribution in [0.25, 0.3) is 0 Å². The van der Waals surface area contributed by atoms with E-state index in [4.69, 9.17) is 0 Å². The number of sulfone groups is 1. The zero-order chi connectivity index (χ0) is 12.5. The van der Waals surface area contributed by atoms with Crippen molar-refractivity contribution in [2.75, 3.05) is 5.75 Å². The number of amides is 1. The molecule has 0 fully saturated rings. The monoisotopic (exact) mass is 272 g/mol. The number of nitrogens with one attached hydrogen (secondary N) is 1. The Hall–Kier alpha value is -1.21. The van der Waals surface area contributed by atoms with E-state index >= 15 is 0 Å². The molecule has 92 valence electrons. The van der Waals surface area contributed by atoms with E-state index < -0.39 is 15.9 Å². The number of aryl methyl sites for hydroxylation is 1. The van der Waals surface area contributed by atoms with Gasteiger partial charge in [0, 0.05) is 10.8 Å². The summed E-state index contributed by atoms with van der Waals surface area (Å²) in [5.41, 5.74) is 0.717. The summed E-state index contributed by atoms with van der Waals surface area (Å²) in [6, 6.07) is -0.410. The Kier molecular flexibility index (Phi) is 3.30. The van der Waals surface area contributed by atoms with Crippen LogP contribution in [0.15, 0.2) is 16.9 Å². The van der Waals surface area contributed by atoms with Gasteiger partial charge in [0.05, 0.1) is 28.9 Å². The quantitative estimate of drug-likeness (QED) is 0.865. The molecule has 1 atom stereocenters. The molecule has 1 amide bonds. The molecule has 2 heterocycles. The van der Waals surface area contributed by atoms with Gasteiger partial charge in [0.2, 0.25) is 5.91 Å². The number of hydrogen-bond donors (Lipinski definition) is 1. The molecule has 0 spiro atoms. The van der Waals surface area contributed by atoms with Crippen LogP contribution in [0.4, 0.5) is 0 Å². The van der Waals surface area contributed by atoms with Gasteiger partial charge in [-0.3, -0.25) is 4.79 Å². The SMILES string of the molecule is Cc1nc(CC(=O)NC2C=CS(=O)(=O)C2)cs1. The molecule has 17 heavy (non-hydrogen) atoms. The van der Waals surface area contributed by atoms with E-state index in [0.717, 1.165) is 16.1 Å². The van der Waals surface area contributed by atoms with Crippen LogP contribution in [0, 0.1) is 6.92 Å². The molecular weight excluding hydrogens is 260 g/mol. The number of thiazole rings is 1. The van der Waals surface area contributed by atoms with Crippen molar-refractivity contribution in [2.45, 2.75) is 19.4 Å². The summed E-state index contributed by atoms with van der Waals surface area (Å²) >= 11 is 1.49. The Morgan fingerprint density at radius 2 is 2.41 bits per heavy atom. The topological polar surface area (TPSA) is 76.1 Å². The van der Waals surface area contributed by atoms with E-state index in [1.165, 1.54) is 17.4 Å². The number of nitrogens with zero attached hydrogens (tertiary/aromatic N) is 1. The molecule has 0 radical (unpaired) electrons. The van der Waals surface area contributed by atoms with Crippen LogP contribution < -0.4 is 5.32 Å². The van der Waals surface area contributed by atoms with Gasteiger partial charge >= 0.3 is 0 Å². The first-order valence-corrected chi connectivity index (χ1v) is 7.65. The van der Waals surface area contributed by atoms with Crippen LogP contribution in [0.1, 0.15) is 10.7 Å². The third-order valence-electron chi connectivity index (χ3n) is 2.28. The van der Waals surface area contributed by atoms with Gasteiger partial charge in [-0.2, -0.15) is 0 Å². The Labute approximate surface area is 103 Å². The number of rotatable bonds is 3. The zero-order valence-electron chi connectivity index (χ0n) is 9.21. The van der Waals surface area contributed by atoms with Gasteiger partial charge in [0.15, 0.2) is 9.84 Å². The first-order chi connectivity index (χ1) is 7.94. The Bertz CT molecular complexity index is 560. The second kappa shape index (κ2) is 4.58. The van der Waals surface area contributed by atoms with Crippen molar-refractivity contribution >= 4 is 27.1 Å². The number of carbonyl (C=O) groups excluding carboxylic acids is 1. The summed E-state index contributed by atoms with van der Waals surface area (Å²) in [5.74, 6) is -0.253. The summed E-state index contributed by atoms with van der Waals surface area (Å²) in [7, 11) is -3.12. The van der Waals surface area contributed by atoms with Gasteiger partial charge < -0.3 is 5.32 Å². The fourth-order valence-corrected chi connectivity index (χ4v) is 3.43. The maximum absolute atomic E-state index is 11.6. The van der Waals surface area contributed by atoms with Crippen molar-refractivity contribution in [1.82, 2.24) is 10.3 Å². The zero-order valence-corrected chi connectivity index (χ0v) is 10.8. The van der Waals surface area contributed by atoms with E-state index in [-0.39, 0.29) is 18.1 Å². The highest BCUT2D eigenvalue weighted by molar-refractivity contribution is 7.94. The molecule has 1 N–H and O–H groups in total. The smallest absolute Gasteiger partial charge is 0.226 e. The molecule has 1 aromatic rings. The van der Waals surface area contributed by atoms with E-state index in [1.54, 1.807) is 0 Å². The number of hydrogen-bond acceptors (Lipinski definition) is 5. The van der Waals surface area contributed by atoms with Gasteiger partial charge in [0.1, 0.15) is 0 Å². The third-order valence-corrected chi connectivity index (χ3v) is 4.50. The van der Waals surface area contributed by atoms with Gasteiger partial charge in [-0.1, -0.05) is 0 Å². The molecule has 1 unspecified atom stereocenters. The van der Waals surface area contributed by atoms with Crippen molar-refractivity contribution in [1.29, 1.82) is 0 Å². The lowest BCUT2D eigenvalue weighted by Crippen LogP contribution is -2.36. The second-order valence-electron chi connectivity index (χ2n) is 3.87. The van der Waals surface area contributed by atoms with Crippen LogP contribution in [-0.4, -0.2) is 31.1 Å². The number of aromatic nitrogens is 1. The van der Waals surface area contributed by atoms with Crippen molar-refractivity contribution < 1.29 is 13.2 Å². The highest BCUT2D eigenvalue weighted by atomic mass is 32.2. The molecule has 0 aromatic carbocycles. The maximum atomic E-state index is 11.6. The summed E-state index contributed by atoms with van der Waals surface area (Å²) < 4.78 is 22.3. The van der Waals surface area contributed by atoms with Crippen molar-refractivity contribution in [3.8, 4) is 0 Å². The summed E-state index contributed by atoms with van der Waals surface area (Å²) in [4.78, 5) is 15.8. The minimum absolute atomic E-state index is 0.0468. The first-order valence-electron chi connectivity index (χ1n) is 5.06. The summed E-state index contributed by atoms with van der Waals surface area (Å²) in [6.07, 6.45) is 1.69. The van der Waals surface area contributed by atoms with Crippen LogP contribution in [0.2, 0.25) is 0 Å². The normalized spacial score (nSPS) is 21.6. The highest BCUT2D eigenvalue weighted by Crippen LogP contribution is 2.10.